The predicted molar refractivity (Wildman–Crippen MR) is 115 cm³/mol. The number of alkyl halides is 3. The normalized spacial score (nSPS) is 20.2. The van der Waals surface area contributed by atoms with Gasteiger partial charge in [-0.3, -0.25) is 4.79 Å². The van der Waals surface area contributed by atoms with Crippen molar-refractivity contribution in [2.24, 2.45) is 5.92 Å². The summed E-state index contributed by atoms with van der Waals surface area (Å²) in [4.78, 5) is 19.6. The van der Waals surface area contributed by atoms with Crippen molar-refractivity contribution in [1.29, 1.82) is 0 Å². The first kappa shape index (κ1) is 21.0. The number of benzene rings is 2. The lowest BCUT2D eigenvalue weighted by atomic mass is 9.88. The molecule has 0 N–H and O–H groups in total. The molecule has 32 heavy (non-hydrogen) atoms. The van der Waals surface area contributed by atoms with E-state index in [9.17, 15) is 18.0 Å². The molecule has 7 heteroatoms. The zero-order chi connectivity index (χ0) is 22.3. The molecule has 1 atom stereocenters. The van der Waals surface area contributed by atoms with Gasteiger partial charge < -0.3 is 9.32 Å². The van der Waals surface area contributed by atoms with Gasteiger partial charge >= 0.3 is 6.18 Å². The molecule has 1 aliphatic carbocycles. The zero-order valence-electron chi connectivity index (χ0n) is 17.7. The molecular weight excluding hydrogens is 417 g/mol. The van der Waals surface area contributed by atoms with Crippen molar-refractivity contribution in [3.05, 3.63) is 53.9 Å². The summed E-state index contributed by atoms with van der Waals surface area (Å²) >= 11 is 0. The number of fused-ring (bicyclic) bond motifs is 1. The summed E-state index contributed by atoms with van der Waals surface area (Å²) in [5.74, 6) is 0.747. The van der Waals surface area contributed by atoms with Gasteiger partial charge in [0, 0.05) is 12.5 Å². The Hall–Kier alpha value is -2.83. The molecule has 1 aliphatic heterocycles. The summed E-state index contributed by atoms with van der Waals surface area (Å²) in [5.41, 5.74) is 0.896. The maximum atomic E-state index is 13.5. The summed E-state index contributed by atoms with van der Waals surface area (Å²) in [6.07, 6.45) is 2.51. The first-order valence-corrected chi connectivity index (χ1v) is 11.3. The highest BCUT2D eigenvalue weighted by Crippen LogP contribution is 2.39. The number of oxazole rings is 1. The van der Waals surface area contributed by atoms with Crippen LogP contribution in [0, 0.1) is 5.92 Å². The lowest BCUT2D eigenvalue weighted by Gasteiger charge is -2.29. The first-order valence-electron chi connectivity index (χ1n) is 11.3. The Morgan fingerprint density at radius 2 is 1.78 bits per heavy atom. The number of carbonyl (C=O) groups excluding carboxylic acids is 1. The summed E-state index contributed by atoms with van der Waals surface area (Å²) in [6, 6.07) is 10.2. The fraction of sp³-hybridized carbons (Fsp3) is 0.440. The van der Waals surface area contributed by atoms with Crippen LogP contribution in [0.4, 0.5) is 13.2 Å². The van der Waals surface area contributed by atoms with Crippen molar-refractivity contribution < 1.29 is 22.4 Å². The van der Waals surface area contributed by atoms with E-state index in [1.54, 1.807) is 24.3 Å². The van der Waals surface area contributed by atoms with Crippen LogP contribution in [0.25, 0.3) is 22.2 Å². The van der Waals surface area contributed by atoms with Crippen LogP contribution >= 0.6 is 0 Å². The van der Waals surface area contributed by atoms with Gasteiger partial charge in [0.15, 0.2) is 5.58 Å². The Balaban J connectivity index is 1.45. The molecule has 1 amide bonds. The fourth-order valence-electron chi connectivity index (χ4n) is 5.11. The van der Waals surface area contributed by atoms with Crippen LogP contribution in [0.3, 0.4) is 0 Å². The quantitative estimate of drug-likeness (QED) is 0.450. The van der Waals surface area contributed by atoms with Crippen molar-refractivity contribution in [2.45, 2.75) is 57.2 Å². The van der Waals surface area contributed by atoms with Gasteiger partial charge in [0.2, 0.25) is 11.8 Å². The van der Waals surface area contributed by atoms with Crippen LogP contribution in [0.1, 0.15) is 62.4 Å². The SMILES string of the molecule is O=C(C1CCCCC1)N1CCCC1c1nc2cc(-c3ccccc3C(F)(F)F)ccc2o1. The van der Waals surface area contributed by atoms with Crippen LogP contribution in [-0.4, -0.2) is 22.3 Å². The number of hydrogen-bond acceptors (Lipinski definition) is 3. The third kappa shape index (κ3) is 3.89. The van der Waals surface area contributed by atoms with Gasteiger partial charge in [-0.05, 0) is 55.0 Å². The van der Waals surface area contributed by atoms with Gasteiger partial charge in [-0.2, -0.15) is 13.2 Å². The first-order chi connectivity index (χ1) is 15.4. The minimum Gasteiger partial charge on any atom is -0.438 e. The third-order valence-electron chi connectivity index (χ3n) is 6.72. The molecule has 1 saturated heterocycles. The molecule has 2 fully saturated rings. The lowest BCUT2D eigenvalue weighted by Crippen LogP contribution is -2.36. The number of hydrogen-bond donors (Lipinski definition) is 0. The van der Waals surface area contributed by atoms with Crippen molar-refractivity contribution in [2.75, 3.05) is 6.54 Å². The van der Waals surface area contributed by atoms with E-state index in [4.69, 9.17) is 4.42 Å². The average molecular weight is 442 g/mol. The largest absolute Gasteiger partial charge is 0.438 e. The van der Waals surface area contributed by atoms with Crippen molar-refractivity contribution in [3.63, 3.8) is 0 Å². The Morgan fingerprint density at radius 1 is 1.00 bits per heavy atom. The number of amides is 1. The van der Waals surface area contributed by atoms with Crippen LogP contribution in [0.2, 0.25) is 0 Å². The number of halogens is 3. The van der Waals surface area contributed by atoms with Crippen LogP contribution in [0.5, 0.6) is 0 Å². The van der Waals surface area contributed by atoms with Crippen molar-refractivity contribution in [3.8, 4) is 11.1 Å². The summed E-state index contributed by atoms with van der Waals surface area (Å²) < 4.78 is 46.4. The molecule has 3 aromatic rings. The molecule has 1 unspecified atom stereocenters. The smallest absolute Gasteiger partial charge is 0.417 e. The number of aromatic nitrogens is 1. The Morgan fingerprint density at radius 3 is 2.56 bits per heavy atom. The molecule has 0 spiro atoms. The minimum absolute atomic E-state index is 0.0826. The molecule has 2 aromatic carbocycles. The minimum atomic E-state index is -4.44. The highest BCUT2D eigenvalue weighted by Gasteiger charge is 2.37. The molecule has 1 saturated carbocycles. The number of rotatable bonds is 3. The second-order valence-corrected chi connectivity index (χ2v) is 8.80. The monoisotopic (exact) mass is 442 g/mol. The molecule has 168 valence electrons. The molecule has 5 rings (SSSR count). The van der Waals surface area contributed by atoms with Crippen LogP contribution < -0.4 is 0 Å². The van der Waals surface area contributed by atoms with E-state index in [1.807, 2.05) is 4.90 Å². The molecule has 1 aromatic heterocycles. The average Bonchev–Trinajstić information content (AvgIpc) is 3.45. The van der Waals surface area contributed by atoms with Crippen LogP contribution in [-0.2, 0) is 11.0 Å². The second-order valence-electron chi connectivity index (χ2n) is 8.80. The Labute approximate surface area is 184 Å². The topological polar surface area (TPSA) is 46.3 Å². The van der Waals surface area contributed by atoms with Gasteiger partial charge in [0.05, 0.1) is 5.56 Å². The Bertz CT molecular complexity index is 1130. The number of nitrogens with zero attached hydrogens (tertiary/aromatic N) is 2. The Kier molecular flexibility index (Phi) is 5.43. The molecule has 4 nitrogen and oxygen atoms in total. The fourth-order valence-corrected chi connectivity index (χ4v) is 5.11. The highest BCUT2D eigenvalue weighted by atomic mass is 19.4. The van der Waals surface area contributed by atoms with Gasteiger partial charge in [0.1, 0.15) is 11.6 Å². The van der Waals surface area contributed by atoms with Crippen LogP contribution in [0.15, 0.2) is 46.9 Å². The molecule has 0 bridgehead atoms. The number of carbonyl (C=O) groups is 1. The lowest BCUT2D eigenvalue weighted by molar-refractivity contribution is -0.138. The van der Waals surface area contributed by atoms with Gasteiger partial charge in [-0.15, -0.1) is 0 Å². The van der Waals surface area contributed by atoms with Gasteiger partial charge in [0.25, 0.3) is 0 Å². The summed E-state index contributed by atoms with van der Waals surface area (Å²) in [7, 11) is 0. The van der Waals surface area contributed by atoms with E-state index < -0.39 is 11.7 Å². The standard InChI is InChI=1S/C25H25F3N2O2/c26-25(27,28)19-10-5-4-9-18(19)17-12-13-22-20(15-17)29-23(32-22)21-11-6-14-30(21)24(31)16-7-2-1-3-8-16/h4-5,9-10,12-13,15-16,21H,1-3,6-8,11,14H2. The number of likely N-dealkylation sites (tertiary alicyclic amines) is 1. The summed E-state index contributed by atoms with van der Waals surface area (Å²) in [5, 5.41) is 0. The van der Waals surface area contributed by atoms with E-state index in [1.165, 1.54) is 18.6 Å². The van der Waals surface area contributed by atoms with E-state index in [-0.39, 0.29) is 23.4 Å². The van der Waals surface area contributed by atoms with Gasteiger partial charge in [-0.25, -0.2) is 4.98 Å². The van der Waals surface area contributed by atoms with Crippen molar-refractivity contribution in [1.82, 2.24) is 9.88 Å². The maximum Gasteiger partial charge on any atom is 0.417 e. The van der Waals surface area contributed by atoms with E-state index >= 15 is 0 Å². The molecule has 2 aliphatic rings. The van der Waals surface area contributed by atoms with Gasteiger partial charge in [-0.1, -0.05) is 43.5 Å². The van der Waals surface area contributed by atoms with E-state index in [0.29, 0.717) is 29.1 Å². The van der Waals surface area contributed by atoms with E-state index in [0.717, 1.165) is 44.6 Å². The maximum absolute atomic E-state index is 13.5. The molecular formula is C25H25F3N2O2. The van der Waals surface area contributed by atoms with Crippen molar-refractivity contribution >= 4 is 17.0 Å². The molecule has 0 radical (unpaired) electrons. The predicted octanol–water partition coefficient (Wildman–Crippen LogP) is 6.76. The molecule has 2 heterocycles. The zero-order valence-corrected chi connectivity index (χ0v) is 17.7. The highest BCUT2D eigenvalue weighted by molar-refractivity contribution is 5.82. The van der Waals surface area contributed by atoms with E-state index in [2.05, 4.69) is 4.98 Å². The second kappa shape index (κ2) is 8.26. The summed E-state index contributed by atoms with van der Waals surface area (Å²) in [6.45, 7) is 0.697. The third-order valence-corrected chi connectivity index (χ3v) is 6.72.